The topological polar surface area (TPSA) is 55.8 Å². The monoisotopic (exact) mass is 264 g/mol. The Hall–Kier alpha value is -1.55. The third-order valence-corrected chi connectivity index (χ3v) is 3.37. The van der Waals surface area contributed by atoms with E-state index < -0.39 is 6.10 Å². The first-order valence-corrected chi connectivity index (χ1v) is 6.82. The van der Waals surface area contributed by atoms with Crippen LogP contribution in [0.3, 0.4) is 0 Å². The molecule has 1 fully saturated rings. The Morgan fingerprint density at radius 1 is 1.37 bits per heavy atom. The lowest BCUT2D eigenvalue weighted by Crippen LogP contribution is -2.35. The van der Waals surface area contributed by atoms with Gasteiger partial charge in [-0.05, 0) is 38.3 Å². The Labute approximate surface area is 113 Å². The molecule has 1 N–H and O–H groups in total. The van der Waals surface area contributed by atoms with Gasteiger partial charge < -0.3 is 14.6 Å². The molecule has 1 aromatic rings. The number of hydrogen-bond acceptors (Lipinski definition) is 4. The van der Waals surface area contributed by atoms with Crippen LogP contribution in [0.4, 0.5) is 0 Å². The maximum Gasteiger partial charge on any atom is 0.172 e. The second-order valence-electron chi connectivity index (χ2n) is 4.73. The zero-order chi connectivity index (χ0) is 13.7. The van der Waals surface area contributed by atoms with Gasteiger partial charge in [-0.15, -0.1) is 0 Å². The number of aliphatic hydroxyl groups excluding tert-OH is 1. The van der Waals surface area contributed by atoms with Gasteiger partial charge >= 0.3 is 0 Å². The summed E-state index contributed by atoms with van der Waals surface area (Å²) in [5, 5.41) is 9.96. The van der Waals surface area contributed by atoms with Gasteiger partial charge in [0.2, 0.25) is 0 Å². The summed E-state index contributed by atoms with van der Waals surface area (Å²) in [5.41, 5.74) is 0.462. The first-order valence-electron chi connectivity index (χ1n) is 6.82. The molecule has 104 valence electrons. The van der Waals surface area contributed by atoms with E-state index in [1.165, 1.54) is 0 Å². The predicted molar refractivity (Wildman–Crippen MR) is 71.9 cm³/mol. The summed E-state index contributed by atoms with van der Waals surface area (Å²) in [5.74, 6) is 1.01. The minimum Gasteiger partial charge on any atom is -0.490 e. The molecule has 19 heavy (non-hydrogen) atoms. The van der Waals surface area contributed by atoms with E-state index in [1.807, 2.05) is 6.92 Å². The van der Waals surface area contributed by atoms with Crippen molar-refractivity contribution in [3.05, 3.63) is 23.8 Å². The molecular weight excluding hydrogens is 244 g/mol. The van der Waals surface area contributed by atoms with Crippen molar-refractivity contribution in [3.8, 4) is 11.5 Å². The molecule has 1 aliphatic rings. The second kappa shape index (κ2) is 6.57. The van der Waals surface area contributed by atoms with E-state index >= 15 is 0 Å². The molecule has 0 amide bonds. The summed E-state index contributed by atoms with van der Waals surface area (Å²) in [6.07, 6.45) is 3.64. The van der Waals surface area contributed by atoms with Crippen LogP contribution >= 0.6 is 0 Å². The van der Waals surface area contributed by atoms with E-state index in [4.69, 9.17) is 9.47 Å². The Kier molecular flexibility index (Phi) is 4.80. The summed E-state index contributed by atoms with van der Waals surface area (Å²) in [6.45, 7) is 2.39. The zero-order valence-corrected chi connectivity index (χ0v) is 11.2. The van der Waals surface area contributed by atoms with Crippen LogP contribution in [0.5, 0.6) is 11.5 Å². The Morgan fingerprint density at radius 3 is 2.84 bits per heavy atom. The van der Waals surface area contributed by atoms with Crippen molar-refractivity contribution in [2.24, 2.45) is 0 Å². The van der Waals surface area contributed by atoms with Crippen molar-refractivity contribution in [1.82, 2.24) is 0 Å². The molecule has 4 heteroatoms. The SMILES string of the molecule is CCOc1cccc(C=O)c1OC1CCCCC1O. The Balaban J connectivity index is 2.23. The van der Waals surface area contributed by atoms with Gasteiger partial charge in [-0.2, -0.15) is 0 Å². The number of para-hydroxylation sites is 1. The minimum atomic E-state index is -0.470. The maximum atomic E-state index is 11.1. The molecule has 0 heterocycles. The van der Waals surface area contributed by atoms with Gasteiger partial charge in [0.05, 0.1) is 18.3 Å². The first kappa shape index (κ1) is 13.9. The highest BCUT2D eigenvalue weighted by Crippen LogP contribution is 2.33. The number of rotatable bonds is 5. The molecular formula is C15H20O4. The van der Waals surface area contributed by atoms with Crippen molar-refractivity contribution in [1.29, 1.82) is 0 Å². The van der Waals surface area contributed by atoms with Crippen LogP contribution in [0.25, 0.3) is 0 Å². The van der Waals surface area contributed by atoms with E-state index in [0.717, 1.165) is 32.0 Å². The summed E-state index contributed by atoms with van der Waals surface area (Å²) >= 11 is 0. The normalized spacial score (nSPS) is 22.8. The van der Waals surface area contributed by atoms with E-state index in [2.05, 4.69) is 0 Å². The van der Waals surface area contributed by atoms with E-state index in [-0.39, 0.29) is 6.10 Å². The van der Waals surface area contributed by atoms with Gasteiger partial charge in [0.25, 0.3) is 0 Å². The molecule has 0 spiro atoms. The molecule has 2 atom stereocenters. The molecule has 2 unspecified atom stereocenters. The molecule has 4 nitrogen and oxygen atoms in total. The lowest BCUT2D eigenvalue weighted by atomic mass is 9.95. The van der Waals surface area contributed by atoms with Crippen LogP contribution in [0.15, 0.2) is 18.2 Å². The highest BCUT2D eigenvalue weighted by Gasteiger charge is 2.26. The van der Waals surface area contributed by atoms with Crippen LogP contribution in [-0.4, -0.2) is 30.2 Å². The maximum absolute atomic E-state index is 11.1. The van der Waals surface area contributed by atoms with Crippen LogP contribution in [-0.2, 0) is 0 Å². The van der Waals surface area contributed by atoms with Crippen molar-refractivity contribution in [2.75, 3.05) is 6.61 Å². The van der Waals surface area contributed by atoms with Crippen molar-refractivity contribution >= 4 is 6.29 Å². The quantitative estimate of drug-likeness (QED) is 0.830. The van der Waals surface area contributed by atoms with Gasteiger partial charge in [-0.3, -0.25) is 4.79 Å². The molecule has 1 aliphatic carbocycles. The van der Waals surface area contributed by atoms with Crippen LogP contribution in [0.1, 0.15) is 43.0 Å². The number of carbonyl (C=O) groups excluding carboxylic acids is 1. The highest BCUT2D eigenvalue weighted by molar-refractivity contribution is 5.81. The summed E-state index contributed by atoms with van der Waals surface area (Å²) in [7, 11) is 0. The predicted octanol–water partition coefficient (Wildman–Crippen LogP) is 2.58. The fourth-order valence-corrected chi connectivity index (χ4v) is 2.39. The first-order chi connectivity index (χ1) is 9.26. The number of aldehydes is 1. The Bertz CT molecular complexity index is 430. The molecule has 0 saturated heterocycles. The van der Waals surface area contributed by atoms with Crippen molar-refractivity contribution < 1.29 is 19.4 Å². The molecule has 0 radical (unpaired) electrons. The van der Waals surface area contributed by atoms with Gasteiger partial charge in [0.1, 0.15) is 6.10 Å². The van der Waals surface area contributed by atoms with Gasteiger partial charge in [0, 0.05) is 0 Å². The smallest absolute Gasteiger partial charge is 0.172 e. The number of carbonyl (C=O) groups is 1. The van der Waals surface area contributed by atoms with Crippen LogP contribution < -0.4 is 9.47 Å². The van der Waals surface area contributed by atoms with Crippen molar-refractivity contribution in [3.63, 3.8) is 0 Å². The summed E-state index contributed by atoms with van der Waals surface area (Å²) < 4.78 is 11.4. The molecule has 0 bridgehead atoms. The largest absolute Gasteiger partial charge is 0.490 e. The molecule has 0 aromatic heterocycles. The summed E-state index contributed by atoms with van der Waals surface area (Å²) in [6, 6.07) is 5.24. The van der Waals surface area contributed by atoms with Crippen molar-refractivity contribution in [2.45, 2.75) is 44.8 Å². The zero-order valence-electron chi connectivity index (χ0n) is 11.2. The third-order valence-electron chi connectivity index (χ3n) is 3.37. The fraction of sp³-hybridized carbons (Fsp3) is 0.533. The minimum absolute atomic E-state index is 0.256. The van der Waals surface area contributed by atoms with Gasteiger partial charge in [-0.1, -0.05) is 12.5 Å². The standard InChI is InChI=1S/C15H20O4/c1-2-18-14-9-5-6-11(10-16)15(14)19-13-8-4-3-7-12(13)17/h5-6,9-10,12-13,17H,2-4,7-8H2,1H3. The average Bonchev–Trinajstić information content (AvgIpc) is 2.43. The average molecular weight is 264 g/mol. The summed E-state index contributed by atoms with van der Waals surface area (Å²) in [4.78, 5) is 11.1. The Morgan fingerprint density at radius 2 is 2.16 bits per heavy atom. The molecule has 0 aliphatic heterocycles. The third kappa shape index (κ3) is 3.26. The van der Waals surface area contributed by atoms with Gasteiger partial charge in [-0.25, -0.2) is 0 Å². The van der Waals surface area contributed by atoms with E-state index in [1.54, 1.807) is 18.2 Å². The van der Waals surface area contributed by atoms with Crippen LogP contribution in [0, 0.1) is 0 Å². The lowest BCUT2D eigenvalue weighted by molar-refractivity contribution is 0.00514. The van der Waals surface area contributed by atoms with Gasteiger partial charge in [0.15, 0.2) is 17.8 Å². The lowest BCUT2D eigenvalue weighted by Gasteiger charge is -2.29. The molecule has 2 rings (SSSR count). The van der Waals surface area contributed by atoms with Crippen LogP contribution in [0.2, 0.25) is 0 Å². The number of ether oxygens (including phenoxy) is 2. The number of benzene rings is 1. The molecule has 1 saturated carbocycles. The second-order valence-corrected chi connectivity index (χ2v) is 4.73. The number of hydrogen-bond donors (Lipinski definition) is 1. The fourth-order valence-electron chi connectivity index (χ4n) is 2.39. The number of aliphatic hydroxyl groups is 1. The highest BCUT2D eigenvalue weighted by atomic mass is 16.5. The van der Waals surface area contributed by atoms with E-state index in [0.29, 0.717) is 23.7 Å². The van der Waals surface area contributed by atoms with E-state index in [9.17, 15) is 9.90 Å². The molecule has 1 aromatic carbocycles.